The van der Waals surface area contributed by atoms with E-state index in [0.717, 1.165) is 30.2 Å². The third kappa shape index (κ3) is 2.33. The third-order valence-corrected chi connectivity index (χ3v) is 4.08. The Balaban J connectivity index is 2.35. The largest absolute Gasteiger partial charge is 0.394 e. The van der Waals surface area contributed by atoms with Crippen LogP contribution in [0.15, 0.2) is 0 Å². The summed E-state index contributed by atoms with van der Waals surface area (Å²) in [5, 5.41) is 4.55. The van der Waals surface area contributed by atoms with Crippen LogP contribution in [0, 0.1) is 0 Å². The summed E-state index contributed by atoms with van der Waals surface area (Å²) in [5.74, 6) is 1.14. The smallest absolute Gasteiger partial charge is 0.150 e. The van der Waals surface area contributed by atoms with E-state index in [4.69, 9.17) is 5.73 Å². The van der Waals surface area contributed by atoms with Gasteiger partial charge in [0.25, 0.3) is 0 Å². The lowest BCUT2D eigenvalue weighted by Crippen LogP contribution is -2.36. The Morgan fingerprint density at radius 3 is 2.67 bits per heavy atom. The molecule has 1 aliphatic rings. The van der Waals surface area contributed by atoms with Crippen LogP contribution >= 0.6 is 0 Å². The monoisotopic (exact) mass is 250 g/mol. The molecule has 2 heterocycles. The van der Waals surface area contributed by atoms with Crippen molar-refractivity contribution in [1.29, 1.82) is 0 Å². The second-order valence-corrected chi connectivity index (χ2v) is 5.27. The lowest BCUT2D eigenvalue weighted by Gasteiger charge is -2.31. The van der Waals surface area contributed by atoms with E-state index >= 15 is 0 Å². The average Bonchev–Trinajstić information content (AvgIpc) is 2.57. The fourth-order valence-electron chi connectivity index (χ4n) is 3.07. The van der Waals surface area contributed by atoms with Gasteiger partial charge in [-0.25, -0.2) is 0 Å². The van der Waals surface area contributed by atoms with Crippen LogP contribution in [0.3, 0.4) is 0 Å². The highest BCUT2D eigenvalue weighted by Crippen LogP contribution is 2.32. The summed E-state index contributed by atoms with van der Waals surface area (Å²) >= 11 is 0. The minimum absolute atomic E-state index is 0.620. The van der Waals surface area contributed by atoms with Crippen molar-refractivity contribution in [1.82, 2.24) is 9.78 Å². The topological polar surface area (TPSA) is 47.1 Å². The van der Waals surface area contributed by atoms with Crippen LogP contribution in [-0.2, 0) is 13.5 Å². The summed E-state index contributed by atoms with van der Waals surface area (Å²) in [4.78, 5) is 2.49. The maximum Gasteiger partial charge on any atom is 0.150 e. The second kappa shape index (κ2) is 5.63. The van der Waals surface area contributed by atoms with Crippen LogP contribution in [0.1, 0.15) is 51.6 Å². The quantitative estimate of drug-likeness (QED) is 0.897. The Hall–Kier alpha value is -1.19. The van der Waals surface area contributed by atoms with Gasteiger partial charge in [-0.15, -0.1) is 0 Å². The standard InChI is InChI=1S/C14H26N4/c1-4-11-9-7-6-8-10-18(11)14-13(15)12(5-2)16-17(14)3/h11H,4-10,15H2,1-3H3. The molecule has 1 fully saturated rings. The molecule has 102 valence electrons. The Morgan fingerprint density at radius 2 is 2.06 bits per heavy atom. The molecule has 0 spiro atoms. The van der Waals surface area contributed by atoms with Gasteiger partial charge in [0, 0.05) is 19.6 Å². The summed E-state index contributed by atoms with van der Waals surface area (Å²) in [6.07, 6.45) is 7.32. The summed E-state index contributed by atoms with van der Waals surface area (Å²) in [6, 6.07) is 0.620. The second-order valence-electron chi connectivity index (χ2n) is 5.27. The van der Waals surface area contributed by atoms with Crippen molar-refractivity contribution in [3.8, 4) is 0 Å². The maximum atomic E-state index is 6.29. The molecule has 18 heavy (non-hydrogen) atoms. The molecular weight excluding hydrogens is 224 g/mol. The van der Waals surface area contributed by atoms with Gasteiger partial charge in [-0.05, 0) is 25.7 Å². The van der Waals surface area contributed by atoms with Crippen molar-refractivity contribution < 1.29 is 0 Å². The van der Waals surface area contributed by atoms with Crippen molar-refractivity contribution in [2.24, 2.45) is 7.05 Å². The number of nitrogens with zero attached hydrogens (tertiary/aromatic N) is 3. The molecule has 0 bridgehead atoms. The van der Waals surface area contributed by atoms with Gasteiger partial charge in [0.1, 0.15) is 0 Å². The first-order valence-electron chi connectivity index (χ1n) is 7.27. The highest BCUT2D eigenvalue weighted by Gasteiger charge is 2.25. The molecule has 1 unspecified atom stereocenters. The van der Waals surface area contributed by atoms with Crippen LogP contribution in [0.4, 0.5) is 11.5 Å². The Bertz CT molecular complexity index is 397. The van der Waals surface area contributed by atoms with E-state index in [0.29, 0.717) is 6.04 Å². The maximum absolute atomic E-state index is 6.29. The number of nitrogens with two attached hydrogens (primary N) is 1. The zero-order chi connectivity index (χ0) is 13.1. The van der Waals surface area contributed by atoms with Gasteiger partial charge in [0.2, 0.25) is 0 Å². The van der Waals surface area contributed by atoms with E-state index in [9.17, 15) is 0 Å². The van der Waals surface area contributed by atoms with Gasteiger partial charge < -0.3 is 10.6 Å². The molecule has 4 nitrogen and oxygen atoms in total. The van der Waals surface area contributed by atoms with Crippen LogP contribution < -0.4 is 10.6 Å². The van der Waals surface area contributed by atoms with Crippen molar-refractivity contribution in [3.63, 3.8) is 0 Å². The Labute approximate surface area is 110 Å². The first-order valence-corrected chi connectivity index (χ1v) is 7.27. The predicted octanol–water partition coefficient (Wildman–Crippen LogP) is 2.72. The van der Waals surface area contributed by atoms with Crippen molar-refractivity contribution in [2.45, 2.75) is 58.4 Å². The van der Waals surface area contributed by atoms with Gasteiger partial charge in [-0.2, -0.15) is 5.10 Å². The van der Waals surface area contributed by atoms with Gasteiger partial charge in [-0.1, -0.05) is 26.7 Å². The summed E-state index contributed by atoms with van der Waals surface area (Å²) in [6.45, 7) is 5.50. The summed E-state index contributed by atoms with van der Waals surface area (Å²) in [5.41, 5.74) is 8.21. The first-order chi connectivity index (χ1) is 8.69. The zero-order valence-electron chi connectivity index (χ0n) is 11.9. The fourth-order valence-corrected chi connectivity index (χ4v) is 3.07. The molecule has 1 aromatic rings. The molecule has 2 rings (SSSR count). The fraction of sp³-hybridized carbons (Fsp3) is 0.786. The van der Waals surface area contributed by atoms with E-state index < -0.39 is 0 Å². The zero-order valence-corrected chi connectivity index (χ0v) is 11.9. The van der Waals surface area contributed by atoms with Crippen molar-refractivity contribution >= 4 is 11.5 Å². The predicted molar refractivity (Wildman–Crippen MR) is 76.9 cm³/mol. The minimum Gasteiger partial charge on any atom is -0.394 e. The minimum atomic E-state index is 0.620. The van der Waals surface area contributed by atoms with E-state index in [1.165, 1.54) is 32.1 Å². The summed E-state index contributed by atoms with van der Waals surface area (Å²) in [7, 11) is 2.02. The number of aryl methyl sites for hydroxylation is 2. The lowest BCUT2D eigenvalue weighted by atomic mass is 10.1. The number of nitrogen functional groups attached to an aromatic ring is 1. The van der Waals surface area contributed by atoms with E-state index in [1.807, 2.05) is 11.7 Å². The van der Waals surface area contributed by atoms with Gasteiger partial charge in [-0.3, -0.25) is 4.68 Å². The van der Waals surface area contributed by atoms with Crippen molar-refractivity contribution in [3.05, 3.63) is 5.69 Å². The number of rotatable bonds is 3. The molecule has 4 heteroatoms. The van der Waals surface area contributed by atoms with Crippen LogP contribution in [0.5, 0.6) is 0 Å². The molecule has 1 aliphatic heterocycles. The lowest BCUT2D eigenvalue weighted by molar-refractivity contribution is 0.542. The van der Waals surface area contributed by atoms with Gasteiger partial charge in [0.15, 0.2) is 5.82 Å². The number of anilines is 2. The average molecular weight is 250 g/mol. The van der Waals surface area contributed by atoms with E-state index in [1.54, 1.807) is 0 Å². The first kappa shape index (κ1) is 13.2. The molecule has 1 saturated heterocycles. The molecule has 1 atom stereocenters. The molecular formula is C14H26N4. The van der Waals surface area contributed by atoms with Crippen LogP contribution in [-0.4, -0.2) is 22.4 Å². The number of hydrogen-bond acceptors (Lipinski definition) is 3. The Morgan fingerprint density at radius 1 is 1.28 bits per heavy atom. The molecule has 0 amide bonds. The normalized spacial score (nSPS) is 21.1. The molecule has 0 saturated carbocycles. The highest BCUT2D eigenvalue weighted by molar-refractivity contribution is 5.67. The third-order valence-electron chi connectivity index (χ3n) is 4.08. The van der Waals surface area contributed by atoms with E-state index in [2.05, 4.69) is 23.8 Å². The molecule has 1 aromatic heterocycles. The van der Waals surface area contributed by atoms with Crippen LogP contribution in [0.2, 0.25) is 0 Å². The van der Waals surface area contributed by atoms with Gasteiger partial charge >= 0.3 is 0 Å². The highest BCUT2D eigenvalue weighted by atomic mass is 15.4. The van der Waals surface area contributed by atoms with Crippen LogP contribution in [0.25, 0.3) is 0 Å². The van der Waals surface area contributed by atoms with Gasteiger partial charge in [0.05, 0.1) is 11.4 Å². The molecule has 0 radical (unpaired) electrons. The number of hydrogen-bond donors (Lipinski definition) is 1. The summed E-state index contributed by atoms with van der Waals surface area (Å²) < 4.78 is 1.97. The van der Waals surface area contributed by atoms with Crippen molar-refractivity contribution in [2.75, 3.05) is 17.2 Å². The van der Waals surface area contributed by atoms with E-state index in [-0.39, 0.29) is 0 Å². The molecule has 0 aliphatic carbocycles. The Kier molecular flexibility index (Phi) is 4.15. The SMILES string of the molecule is CCc1nn(C)c(N2CCCCCC2CC)c1N. The molecule has 2 N–H and O–H groups in total. The number of aromatic nitrogens is 2. The molecule has 0 aromatic carbocycles.